The molecule has 0 atom stereocenters. The van der Waals surface area contributed by atoms with Crippen LogP contribution >= 0.6 is 0 Å². The largest absolute Gasteiger partial charge is 0.456 e. The topological polar surface area (TPSA) is 19.6 Å². The van der Waals surface area contributed by atoms with Crippen molar-refractivity contribution in [1.82, 2.24) is 0 Å². The summed E-state index contributed by atoms with van der Waals surface area (Å²) in [6.45, 7) is 0. The minimum Gasteiger partial charge on any atom is -0.456 e. The average molecular weight is 889 g/mol. The third-order valence-electron chi connectivity index (χ3n) is 14.1. The zero-order chi connectivity index (χ0) is 45.9. The second-order valence-electron chi connectivity index (χ2n) is 18.3. The number of benzene rings is 10. The molecule has 1 fully saturated rings. The fourth-order valence-corrected chi connectivity index (χ4v) is 10.6. The number of furan rings is 1. The number of para-hydroxylation sites is 3. The Morgan fingerprint density at radius 2 is 0.667 bits per heavy atom. The minimum absolute atomic E-state index is 0.670. The van der Waals surface area contributed by atoms with E-state index in [0.717, 1.165) is 61.5 Å². The Kier molecular flexibility index (Phi) is 11.4. The first-order valence-corrected chi connectivity index (χ1v) is 24.4. The molecule has 1 saturated carbocycles. The molecule has 3 nitrogen and oxygen atoms in total. The van der Waals surface area contributed by atoms with Crippen molar-refractivity contribution in [1.29, 1.82) is 0 Å². The van der Waals surface area contributed by atoms with Crippen LogP contribution in [-0.2, 0) is 0 Å². The summed E-state index contributed by atoms with van der Waals surface area (Å²) in [6.07, 6.45) is 6.63. The minimum atomic E-state index is 0.670. The molecule has 0 saturated heterocycles. The average Bonchev–Trinajstić information content (AvgIpc) is 3.81. The van der Waals surface area contributed by atoms with Gasteiger partial charge in [-0.25, -0.2) is 0 Å². The number of anilines is 6. The molecule has 0 spiro atoms. The van der Waals surface area contributed by atoms with Gasteiger partial charge < -0.3 is 14.2 Å². The van der Waals surface area contributed by atoms with Gasteiger partial charge in [-0.05, 0) is 160 Å². The van der Waals surface area contributed by atoms with E-state index in [1.54, 1.807) is 0 Å². The van der Waals surface area contributed by atoms with Crippen LogP contribution < -0.4 is 9.80 Å². The summed E-state index contributed by atoms with van der Waals surface area (Å²) in [5.74, 6) is 0.670. The van der Waals surface area contributed by atoms with E-state index in [9.17, 15) is 0 Å². The van der Waals surface area contributed by atoms with Crippen LogP contribution in [0.4, 0.5) is 34.1 Å². The molecule has 1 aliphatic rings. The maximum atomic E-state index is 6.38. The Morgan fingerprint density at radius 1 is 0.290 bits per heavy atom. The molecular weight excluding hydrogens is 837 g/mol. The van der Waals surface area contributed by atoms with E-state index < -0.39 is 0 Å². The van der Waals surface area contributed by atoms with Crippen LogP contribution in [0.25, 0.3) is 66.4 Å². The molecule has 1 aliphatic carbocycles. The van der Waals surface area contributed by atoms with Gasteiger partial charge in [0.1, 0.15) is 11.2 Å². The number of nitrogens with zero attached hydrogens (tertiary/aromatic N) is 2. The molecule has 3 heteroatoms. The lowest BCUT2D eigenvalue weighted by molar-refractivity contribution is 0.443. The van der Waals surface area contributed by atoms with Crippen LogP contribution in [0, 0.1) is 0 Å². The third-order valence-corrected chi connectivity index (χ3v) is 14.1. The SMILES string of the molecule is c1ccc(-c2cc(-c3ccc(N(c4ccccc4)c4ccc5c(c4)oc4ccccc45)cc3)c(-c3ccccc3)cc2-c2ccc(N(c3ccccc3)c3ccc(C4CCCCC4)cc3)cc2)cc1. The first-order chi connectivity index (χ1) is 34.2. The molecule has 332 valence electrons. The summed E-state index contributed by atoms with van der Waals surface area (Å²) in [7, 11) is 0. The highest BCUT2D eigenvalue weighted by atomic mass is 16.3. The summed E-state index contributed by atoms with van der Waals surface area (Å²) >= 11 is 0. The van der Waals surface area contributed by atoms with Crippen molar-refractivity contribution in [3.8, 4) is 44.5 Å². The van der Waals surface area contributed by atoms with Gasteiger partial charge >= 0.3 is 0 Å². The van der Waals surface area contributed by atoms with E-state index >= 15 is 0 Å². The lowest BCUT2D eigenvalue weighted by atomic mass is 9.84. The van der Waals surface area contributed by atoms with E-state index in [4.69, 9.17) is 4.42 Å². The second-order valence-corrected chi connectivity index (χ2v) is 18.3. The van der Waals surface area contributed by atoms with Crippen molar-refractivity contribution in [2.24, 2.45) is 0 Å². The summed E-state index contributed by atoms with van der Waals surface area (Å²) in [6, 6.07) is 90.2. The predicted molar refractivity (Wildman–Crippen MR) is 291 cm³/mol. The molecule has 12 rings (SSSR count). The first kappa shape index (κ1) is 42.0. The quantitative estimate of drug-likeness (QED) is 0.129. The Morgan fingerprint density at radius 3 is 1.17 bits per heavy atom. The first-order valence-electron chi connectivity index (χ1n) is 24.4. The van der Waals surface area contributed by atoms with Gasteiger partial charge in [-0.15, -0.1) is 0 Å². The van der Waals surface area contributed by atoms with Gasteiger partial charge in [0.25, 0.3) is 0 Å². The lowest BCUT2D eigenvalue weighted by Crippen LogP contribution is -2.10. The van der Waals surface area contributed by atoms with Gasteiger partial charge in [0, 0.05) is 51.0 Å². The Hall–Kier alpha value is -8.40. The number of rotatable bonds is 11. The molecule has 0 N–H and O–H groups in total. The van der Waals surface area contributed by atoms with Crippen molar-refractivity contribution in [2.75, 3.05) is 9.80 Å². The highest BCUT2D eigenvalue weighted by Gasteiger charge is 2.21. The van der Waals surface area contributed by atoms with E-state index in [1.165, 1.54) is 76.7 Å². The maximum Gasteiger partial charge on any atom is 0.137 e. The monoisotopic (exact) mass is 888 g/mol. The van der Waals surface area contributed by atoms with E-state index in [1.807, 2.05) is 12.1 Å². The molecule has 0 radical (unpaired) electrons. The number of hydrogen-bond donors (Lipinski definition) is 0. The van der Waals surface area contributed by atoms with Crippen molar-refractivity contribution in [3.63, 3.8) is 0 Å². The van der Waals surface area contributed by atoms with Gasteiger partial charge in [0.15, 0.2) is 0 Å². The molecule has 1 heterocycles. The Bertz CT molecular complexity index is 3490. The van der Waals surface area contributed by atoms with E-state index in [2.05, 4.69) is 246 Å². The summed E-state index contributed by atoms with van der Waals surface area (Å²) in [4.78, 5) is 4.69. The molecule has 1 aromatic heterocycles. The van der Waals surface area contributed by atoms with Crippen LogP contribution in [0.1, 0.15) is 43.6 Å². The zero-order valence-electron chi connectivity index (χ0n) is 38.6. The third kappa shape index (κ3) is 8.38. The fourth-order valence-electron chi connectivity index (χ4n) is 10.6. The molecule has 11 aromatic rings. The summed E-state index contributed by atoms with van der Waals surface area (Å²) in [5, 5.41) is 2.24. The summed E-state index contributed by atoms with van der Waals surface area (Å²) < 4.78 is 6.38. The number of fused-ring (bicyclic) bond motifs is 3. The Labute approximate surface area is 405 Å². The van der Waals surface area contributed by atoms with E-state index in [0.29, 0.717) is 5.92 Å². The van der Waals surface area contributed by atoms with Gasteiger partial charge in [-0.1, -0.05) is 171 Å². The highest BCUT2D eigenvalue weighted by molar-refractivity contribution is 6.06. The smallest absolute Gasteiger partial charge is 0.137 e. The van der Waals surface area contributed by atoms with Gasteiger partial charge in [-0.2, -0.15) is 0 Å². The predicted octanol–water partition coefficient (Wildman–Crippen LogP) is 19.2. The van der Waals surface area contributed by atoms with Gasteiger partial charge in [0.05, 0.1) is 0 Å². The van der Waals surface area contributed by atoms with Crippen LogP contribution in [0.5, 0.6) is 0 Å². The van der Waals surface area contributed by atoms with Crippen LogP contribution in [0.15, 0.2) is 253 Å². The molecule has 69 heavy (non-hydrogen) atoms. The van der Waals surface area contributed by atoms with Crippen LogP contribution in [0.2, 0.25) is 0 Å². The fraction of sp³-hybridized carbons (Fsp3) is 0.0909. The lowest BCUT2D eigenvalue weighted by Gasteiger charge is -2.27. The van der Waals surface area contributed by atoms with Gasteiger partial charge in [0.2, 0.25) is 0 Å². The van der Waals surface area contributed by atoms with Gasteiger partial charge in [-0.3, -0.25) is 0 Å². The zero-order valence-corrected chi connectivity index (χ0v) is 38.6. The van der Waals surface area contributed by atoms with Crippen molar-refractivity contribution in [2.45, 2.75) is 38.0 Å². The van der Waals surface area contributed by atoms with Crippen LogP contribution in [-0.4, -0.2) is 0 Å². The second kappa shape index (κ2) is 18.7. The maximum absolute atomic E-state index is 6.38. The van der Waals surface area contributed by atoms with Crippen molar-refractivity contribution >= 4 is 56.1 Å². The molecular formula is C66H52N2O. The molecule has 0 amide bonds. The van der Waals surface area contributed by atoms with E-state index in [-0.39, 0.29) is 0 Å². The normalized spacial score (nSPS) is 12.9. The van der Waals surface area contributed by atoms with Crippen molar-refractivity contribution in [3.05, 3.63) is 254 Å². The molecule has 10 aromatic carbocycles. The molecule has 0 bridgehead atoms. The number of hydrogen-bond acceptors (Lipinski definition) is 3. The Balaban J connectivity index is 0.947. The standard InChI is InChI=1S/C66H52N2O/c1-6-18-47(19-7-1)48-30-36-55(37-31-48)67(53-24-12-4-13-25-53)56-38-32-51(33-39-56)63-45-62(50-22-10-3-11-23-50)64(46-61(63)49-20-8-2-9-21-49)52-34-40-57(41-35-52)68(54-26-14-5-15-27-54)58-42-43-60-59-28-16-17-29-65(59)69-66(60)44-58/h2-5,8-17,20-47H,1,6-7,18-19H2. The molecule has 0 unspecified atom stereocenters. The molecule has 0 aliphatic heterocycles. The van der Waals surface area contributed by atoms with Crippen LogP contribution in [0.3, 0.4) is 0 Å². The van der Waals surface area contributed by atoms with Crippen molar-refractivity contribution < 1.29 is 4.42 Å². The highest BCUT2D eigenvalue weighted by Crippen LogP contribution is 2.45. The summed E-state index contributed by atoms with van der Waals surface area (Å²) in [5.41, 5.74) is 19.2.